The number of hydrogen-bond donors (Lipinski definition) is 0. The van der Waals surface area contributed by atoms with Gasteiger partial charge < -0.3 is 4.43 Å². The van der Waals surface area contributed by atoms with E-state index in [1.165, 1.54) is 12.1 Å². The molecule has 16 heavy (non-hydrogen) atoms. The second-order valence-corrected chi connectivity index (χ2v) is 9.24. The molecule has 2 nitrogen and oxygen atoms in total. The van der Waals surface area contributed by atoms with Crippen molar-refractivity contribution in [1.29, 1.82) is 5.26 Å². The molecule has 86 valence electrons. The number of benzene rings is 1. The molecule has 1 aromatic rings. The maximum atomic E-state index is 13.6. The van der Waals surface area contributed by atoms with E-state index in [1.54, 1.807) is 6.07 Å². The fourth-order valence-corrected chi connectivity index (χ4v) is 2.40. The largest absolute Gasteiger partial charge is 0.399 e. The molecule has 0 aliphatic rings. The zero-order valence-electron chi connectivity index (χ0n) is 9.42. The first-order valence-corrected chi connectivity index (χ1v) is 8.65. The molecule has 0 aliphatic carbocycles. The van der Waals surface area contributed by atoms with E-state index in [1.807, 2.05) is 25.7 Å². The molecular formula is C11H13ClFNOSi. The Morgan fingerprint density at radius 2 is 2.06 bits per heavy atom. The second kappa shape index (κ2) is 4.96. The van der Waals surface area contributed by atoms with Gasteiger partial charge in [-0.05, 0) is 31.8 Å². The third-order valence-electron chi connectivity index (χ3n) is 1.85. The summed E-state index contributed by atoms with van der Waals surface area (Å²) in [5, 5.41) is 9.24. The van der Waals surface area contributed by atoms with Gasteiger partial charge in [-0.1, -0.05) is 17.7 Å². The second-order valence-electron chi connectivity index (χ2n) is 4.37. The Morgan fingerprint density at radius 1 is 1.44 bits per heavy atom. The van der Waals surface area contributed by atoms with Gasteiger partial charge in [0.25, 0.3) is 0 Å². The van der Waals surface area contributed by atoms with Crippen LogP contribution in [0, 0.1) is 17.1 Å². The van der Waals surface area contributed by atoms with Gasteiger partial charge in [0.05, 0.1) is 11.1 Å². The summed E-state index contributed by atoms with van der Waals surface area (Å²) < 4.78 is 19.2. The summed E-state index contributed by atoms with van der Waals surface area (Å²) in [7, 11) is -1.92. The number of hydrogen-bond acceptors (Lipinski definition) is 2. The smallest absolute Gasteiger partial charge is 0.186 e. The van der Waals surface area contributed by atoms with E-state index in [0.717, 1.165) is 0 Å². The molecule has 0 fully saturated rings. The SMILES string of the molecule is C[Si](C)(C)O[C@H](C#N)c1c(F)cccc1Cl. The standard InChI is InChI=1S/C11H13ClFNOSi/c1-16(2,3)15-10(7-14)11-8(12)5-4-6-9(11)13/h4-6,10H,1-3H3/t10-/m1/s1. The lowest BCUT2D eigenvalue weighted by atomic mass is 10.1. The Hall–Kier alpha value is -0.893. The predicted molar refractivity (Wildman–Crippen MR) is 64.2 cm³/mol. The lowest BCUT2D eigenvalue weighted by molar-refractivity contribution is 0.249. The highest BCUT2D eigenvalue weighted by Crippen LogP contribution is 2.30. The molecule has 0 bridgehead atoms. The monoisotopic (exact) mass is 257 g/mol. The molecule has 0 spiro atoms. The zero-order valence-corrected chi connectivity index (χ0v) is 11.2. The average molecular weight is 258 g/mol. The van der Waals surface area contributed by atoms with Gasteiger partial charge in [-0.2, -0.15) is 5.26 Å². The van der Waals surface area contributed by atoms with Crippen LogP contribution in [0.4, 0.5) is 4.39 Å². The van der Waals surface area contributed by atoms with Crippen molar-refractivity contribution in [3.8, 4) is 6.07 Å². The van der Waals surface area contributed by atoms with Crippen molar-refractivity contribution >= 4 is 19.9 Å². The Bertz CT molecular complexity index is 405. The van der Waals surface area contributed by atoms with Crippen LogP contribution in [0.15, 0.2) is 18.2 Å². The van der Waals surface area contributed by atoms with Gasteiger partial charge in [-0.15, -0.1) is 0 Å². The predicted octanol–water partition coefficient (Wildman–Crippen LogP) is 3.90. The molecule has 1 aromatic carbocycles. The molecule has 1 rings (SSSR count). The van der Waals surface area contributed by atoms with E-state index in [-0.39, 0.29) is 10.6 Å². The van der Waals surface area contributed by atoms with Crippen LogP contribution in [-0.4, -0.2) is 8.32 Å². The van der Waals surface area contributed by atoms with E-state index in [0.29, 0.717) is 0 Å². The zero-order chi connectivity index (χ0) is 12.3. The summed E-state index contributed by atoms with van der Waals surface area (Å²) in [5.41, 5.74) is 0.133. The van der Waals surface area contributed by atoms with Gasteiger partial charge in [0.15, 0.2) is 14.4 Å². The molecular weight excluding hydrogens is 245 g/mol. The van der Waals surface area contributed by atoms with Gasteiger partial charge in [-0.25, -0.2) is 4.39 Å². The topological polar surface area (TPSA) is 33.0 Å². The third-order valence-corrected chi connectivity index (χ3v) is 3.12. The fourth-order valence-electron chi connectivity index (χ4n) is 1.26. The summed E-state index contributed by atoms with van der Waals surface area (Å²) in [4.78, 5) is 0. The van der Waals surface area contributed by atoms with E-state index >= 15 is 0 Å². The lowest BCUT2D eigenvalue weighted by Crippen LogP contribution is -2.28. The number of halogens is 2. The quantitative estimate of drug-likeness (QED) is 0.770. The molecule has 0 aliphatic heterocycles. The number of rotatable bonds is 3. The van der Waals surface area contributed by atoms with E-state index in [9.17, 15) is 4.39 Å². The summed E-state index contributed by atoms with van der Waals surface area (Å²) in [6.45, 7) is 5.81. The first-order valence-electron chi connectivity index (χ1n) is 4.86. The van der Waals surface area contributed by atoms with Crippen LogP contribution < -0.4 is 0 Å². The first kappa shape index (κ1) is 13.2. The average Bonchev–Trinajstić information content (AvgIpc) is 2.14. The molecule has 0 saturated carbocycles. The van der Waals surface area contributed by atoms with Crippen LogP contribution >= 0.6 is 11.6 Å². The van der Waals surface area contributed by atoms with Crippen LogP contribution in [-0.2, 0) is 4.43 Å². The number of nitrogens with zero attached hydrogens (tertiary/aromatic N) is 1. The molecule has 0 amide bonds. The van der Waals surface area contributed by atoms with Crippen LogP contribution in [0.3, 0.4) is 0 Å². The van der Waals surface area contributed by atoms with Crippen LogP contribution in [0.1, 0.15) is 11.7 Å². The van der Waals surface area contributed by atoms with Crippen molar-refractivity contribution in [2.24, 2.45) is 0 Å². The lowest BCUT2D eigenvalue weighted by Gasteiger charge is -2.22. The van der Waals surface area contributed by atoms with Gasteiger partial charge in [0.2, 0.25) is 0 Å². The number of nitriles is 1. The Labute approximate surface area is 101 Å². The Morgan fingerprint density at radius 3 is 2.50 bits per heavy atom. The highest BCUT2D eigenvalue weighted by atomic mass is 35.5. The van der Waals surface area contributed by atoms with Gasteiger partial charge >= 0.3 is 0 Å². The summed E-state index contributed by atoms with van der Waals surface area (Å²) in [6, 6.07) is 6.28. The van der Waals surface area contributed by atoms with Crippen LogP contribution in [0.25, 0.3) is 0 Å². The van der Waals surface area contributed by atoms with Crippen molar-refractivity contribution in [2.45, 2.75) is 25.7 Å². The molecule has 0 heterocycles. The normalized spacial score (nSPS) is 13.2. The minimum absolute atomic E-state index is 0.133. The maximum Gasteiger partial charge on any atom is 0.186 e. The fraction of sp³-hybridized carbons (Fsp3) is 0.364. The van der Waals surface area contributed by atoms with Gasteiger partial charge in [0, 0.05) is 5.56 Å². The molecule has 0 saturated heterocycles. The minimum Gasteiger partial charge on any atom is -0.399 e. The van der Waals surface area contributed by atoms with E-state index in [4.69, 9.17) is 21.3 Å². The van der Waals surface area contributed by atoms with Crippen molar-refractivity contribution < 1.29 is 8.82 Å². The van der Waals surface area contributed by atoms with E-state index < -0.39 is 20.2 Å². The van der Waals surface area contributed by atoms with Gasteiger partial charge in [-0.3, -0.25) is 0 Å². The summed E-state index contributed by atoms with van der Waals surface area (Å²) >= 11 is 5.88. The van der Waals surface area contributed by atoms with Crippen LogP contribution in [0.5, 0.6) is 0 Å². The van der Waals surface area contributed by atoms with Crippen LogP contribution in [0.2, 0.25) is 24.7 Å². The van der Waals surface area contributed by atoms with Crippen molar-refractivity contribution in [2.75, 3.05) is 0 Å². The highest BCUT2D eigenvalue weighted by Gasteiger charge is 2.26. The van der Waals surface area contributed by atoms with Gasteiger partial charge in [0.1, 0.15) is 5.82 Å². The van der Waals surface area contributed by atoms with E-state index in [2.05, 4.69) is 0 Å². The third kappa shape index (κ3) is 3.31. The molecule has 0 radical (unpaired) electrons. The summed E-state index contributed by atoms with van der Waals surface area (Å²) in [5.74, 6) is -0.502. The highest BCUT2D eigenvalue weighted by molar-refractivity contribution is 6.69. The summed E-state index contributed by atoms with van der Waals surface area (Å²) in [6.07, 6.45) is -0.930. The first-order chi connectivity index (χ1) is 7.35. The Balaban J connectivity index is 3.11. The molecule has 0 aromatic heterocycles. The maximum absolute atomic E-state index is 13.6. The van der Waals surface area contributed by atoms with Crippen molar-refractivity contribution in [3.63, 3.8) is 0 Å². The molecule has 1 atom stereocenters. The van der Waals surface area contributed by atoms with Crippen molar-refractivity contribution in [1.82, 2.24) is 0 Å². The molecule has 0 unspecified atom stereocenters. The minimum atomic E-state index is -1.92. The Kier molecular flexibility index (Phi) is 4.08. The molecule has 5 heteroatoms. The van der Waals surface area contributed by atoms with Crippen molar-refractivity contribution in [3.05, 3.63) is 34.6 Å². The molecule has 0 N–H and O–H groups in total.